The molecule has 0 radical (unpaired) electrons. The van der Waals surface area contributed by atoms with E-state index >= 15 is 0 Å². The van der Waals surface area contributed by atoms with Gasteiger partial charge in [0.15, 0.2) is 17.2 Å². The van der Waals surface area contributed by atoms with Crippen molar-refractivity contribution in [3.8, 4) is 22.6 Å². The Bertz CT molecular complexity index is 1510. The van der Waals surface area contributed by atoms with Crippen molar-refractivity contribution in [3.05, 3.63) is 124 Å². The smallest absolute Gasteiger partial charge is 0.363 e. The van der Waals surface area contributed by atoms with E-state index in [4.69, 9.17) is 25.8 Å². The molecule has 0 atom stereocenters. The molecule has 4 aromatic carbocycles. The van der Waals surface area contributed by atoms with E-state index in [2.05, 4.69) is 11.1 Å². The summed E-state index contributed by atoms with van der Waals surface area (Å²) in [5.74, 6) is 0.618. The molecule has 5 nitrogen and oxygen atoms in total. The summed E-state index contributed by atoms with van der Waals surface area (Å²) in [6.07, 6.45) is 1.62. The molecule has 184 valence electrons. The summed E-state index contributed by atoms with van der Waals surface area (Å²) in [4.78, 5) is 17.0. The summed E-state index contributed by atoms with van der Waals surface area (Å²) in [5.41, 5.74) is 5.88. The first-order valence-electron chi connectivity index (χ1n) is 11.7. The lowest BCUT2D eigenvalue weighted by Gasteiger charge is -2.13. The standard InChI is InChI=1S/C31H24ClNO4/c1-20-7-6-8-21(15-20)19-36-29-26(32)16-22(18-28(29)35-2)17-27-31(34)37-30(33-27)25-13-11-24(12-14-25)23-9-4-3-5-10-23/h3-18H,19H2,1-2H3/b27-17-. The minimum atomic E-state index is -0.531. The highest BCUT2D eigenvalue weighted by Crippen LogP contribution is 2.38. The number of hydrogen-bond donors (Lipinski definition) is 0. The monoisotopic (exact) mass is 509 g/mol. The van der Waals surface area contributed by atoms with E-state index < -0.39 is 5.97 Å². The van der Waals surface area contributed by atoms with E-state index in [1.807, 2.05) is 79.7 Å². The molecule has 0 unspecified atom stereocenters. The van der Waals surface area contributed by atoms with E-state index in [0.717, 1.165) is 22.3 Å². The molecule has 0 aliphatic carbocycles. The normalized spacial score (nSPS) is 13.9. The number of ether oxygens (including phenoxy) is 3. The summed E-state index contributed by atoms with van der Waals surface area (Å²) in [5, 5.41) is 0.367. The third kappa shape index (κ3) is 5.57. The average molecular weight is 510 g/mol. The highest BCUT2D eigenvalue weighted by Gasteiger charge is 2.24. The molecule has 0 aromatic heterocycles. The summed E-state index contributed by atoms with van der Waals surface area (Å²) >= 11 is 6.54. The Labute approximate surface area is 220 Å². The topological polar surface area (TPSA) is 57.1 Å². The molecule has 0 saturated heterocycles. The maximum atomic E-state index is 12.5. The molecule has 1 aliphatic rings. The van der Waals surface area contributed by atoms with Gasteiger partial charge in [-0.15, -0.1) is 0 Å². The number of rotatable bonds is 7. The van der Waals surface area contributed by atoms with Gasteiger partial charge in [-0.2, -0.15) is 0 Å². The number of carbonyl (C=O) groups excluding carboxylic acids is 1. The van der Waals surface area contributed by atoms with Gasteiger partial charge in [-0.05, 0) is 59.5 Å². The second-order valence-electron chi connectivity index (χ2n) is 8.59. The van der Waals surface area contributed by atoms with Gasteiger partial charge in [0.2, 0.25) is 5.90 Å². The van der Waals surface area contributed by atoms with Crippen molar-refractivity contribution in [2.75, 3.05) is 7.11 Å². The second kappa shape index (κ2) is 10.7. The minimum absolute atomic E-state index is 0.175. The van der Waals surface area contributed by atoms with Gasteiger partial charge in [0.1, 0.15) is 6.61 Å². The molecule has 0 bridgehead atoms. The molecule has 0 fully saturated rings. The molecular formula is C31H24ClNO4. The highest BCUT2D eigenvalue weighted by molar-refractivity contribution is 6.32. The number of halogens is 1. The maximum Gasteiger partial charge on any atom is 0.363 e. The van der Waals surface area contributed by atoms with Crippen molar-refractivity contribution in [3.63, 3.8) is 0 Å². The van der Waals surface area contributed by atoms with Gasteiger partial charge in [0.25, 0.3) is 0 Å². The third-order valence-electron chi connectivity index (χ3n) is 5.88. The van der Waals surface area contributed by atoms with Crippen LogP contribution in [0.5, 0.6) is 11.5 Å². The lowest BCUT2D eigenvalue weighted by molar-refractivity contribution is -0.129. The summed E-state index contributed by atoms with van der Waals surface area (Å²) in [6, 6.07) is 29.3. The van der Waals surface area contributed by atoms with Gasteiger partial charge in [0, 0.05) is 5.56 Å². The number of nitrogens with zero attached hydrogens (tertiary/aromatic N) is 1. The molecule has 4 aromatic rings. The lowest BCUT2D eigenvalue weighted by atomic mass is 10.0. The predicted octanol–water partition coefficient (Wildman–Crippen LogP) is 7.25. The van der Waals surface area contributed by atoms with E-state index in [9.17, 15) is 4.79 Å². The number of cyclic esters (lactones) is 1. The van der Waals surface area contributed by atoms with Crippen molar-refractivity contribution in [2.24, 2.45) is 4.99 Å². The molecule has 0 N–H and O–H groups in total. The van der Waals surface area contributed by atoms with Gasteiger partial charge in [0.05, 0.1) is 12.1 Å². The predicted molar refractivity (Wildman–Crippen MR) is 146 cm³/mol. The first-order chi connectivity index (χ1) is 18.0. The maximum absolute atomic E-state index is 12.5. The van der Waals surface area contributed by atoms with Gasteiger partial charge >= 0.3 is 5.97 Å². The molecule has 0 saturated carbocycles. The molecule has 1 aliphatic heterocycles. The van der Waals surface area contributed by atoms with E-state index in [1.54, 1.807) is 25.3 Å². The van der Waals surface area contributed by atoms with E-state index in [0.29, 0.717) is 34.3 Å². The van der Waals surface area contributed by atoms with Gasteiger partial charge < -0.3 is 14.2 Å². The molecule has 1 heterocycles. The van der Waals surface area contributed by atoms with E-state index in [1.165, 1.54) is 0 Å². The zero-order valence-electron chi connectivity index (χ0n) is 20.4. The fraction of sp³-hybridized carbons (Fsp3) is 0.0968. The fourth-order valence-electron chi connectivity index (χ4n) is 4.05. The molecule has 37 heavy (non-hydrogen) atoms. The molecular weight excluding hydrogens is 486 g/mol. The Balaban J connectivity index is 1.36. The van der Waals surface area contributed by atoms with E-state index in [-0.39, 0.29) is 11.6 Å². The Hall–Kier alpha value is -4.35. The van der Waals surface area contributed by atoms with Crippen LogP contribution in [0.25, 0.3) is 17.2 Å². The Kier molecular flexibility index (Phi) is 7.06. The van der Waals surface area contributed by atoms with Crippen LogP contribution < -0.4 is 9.47 Å². The first kappa shape index (κ1) is 24.3. The molecule has 0 amide bonds. The van der Waals surface area contributed by atoms with Gasteiger partial charge in [-0.3, -0.25) is 0 Å². The summed E-state index contributed by atoms with van der Waals surface area (Å²) in [7, 11) is 1.54. The Morgan fingerprint density at radius 1 is 0.892 bits per heavy atom. The van der Waals surface area contributed by atoms with Crippen molar-refractivity contribution in [2.45, 2.75) is 13.5 Å². The number of esters is 1. The van der Waals surface area contributed by atoms with Crippen LogP contribution in [-0.4, -0.2) is 19.0 Å². The number of carbonyl (C=O) groups is 1. The lowest BCUT2D eigenvalue weighted by Crippen LogP contribution is -2.05. The van der Waals surface area contributed by atoms with Gasteiger partial charge in [-0.1, -0.05) is 83.9 Å². The molecule has 5 rings (SSSR count). The summed E-state index contributed by atoms with van der Waals surface area (Å²) < 4.78 is 16.9. The molecule has 0 spiro atoms. The first-order valence-corrected chi connectivity index (χ1v) is 12.1. The molecule has 6 heteroatoms. The minimum Gasteiger partial charge on any atom is -0.493 e. The number of aliphatic imine (C=N–C) groups is 1. The van der Waals surface area contributed by atoms with Crippen LogP contribution in [0.4, 0.5) is 0 Å². The third-order valence-corrected chi connectivity index (χ3v) is 6.16. The van der Waals surface area contributed by atoms with Crippen LogP contribution in [-0.2, 0) is 16.1 Å². The van der Waals surface area contributed by atoms with Crippen LogP contribution >= 0.6 is 11.6 Å². The Morgan fingerprint density at radius 2 is 1.62 bits per heavy atom. The second-order valence-corrected chi connectivity index (χ2v) is 9.00. The largest absolute Gasteiger partial charge is 0.493 e. The zero-order valence-corrected chi connectivity index (χ0v) is 21.2. The van der Waals surface area contributed by atoms with Crippen molar-refractivity contribution < 1.29 is 19.0 Å². The number of benzene rings is 4. The average Bonchev–Trinajstić information content (AvgIpc) is 3.28. The summed E-state index contributed by atoms with van der Waals surface area (Å²) in [6.45, 7) is 2.38. The van der Waals surface area contributed by atoms with Crippen LogP contribution in [0, 0.1) is 6.92 Å². The fourth-order valence-corrected chi connectivity index (χ4v) is 4.32. The number of methoxy groups -OCH3 is 1. The quantitative estimate of drug-likeness (QED) is 0.194. The van der Waals surface area contributed by atoms with Crippen molar-refractivity contribution in [1.29, 1.82) is 0 Å². The number of hydrogen-bond acceptors (Lipinski definition) is 5. The zero-order chi connectivity index (χ0) is 25.8. The Morgan fingerprint density at radius 3 is 2.35 bits per heavy atom. The van der Waals surface area contributed by atoms with Crippen LogP contribution in [0.3, 0.4) is 0 Å². The highest BCUT2D eigenvalue weighted by atomic mass is 35.5. The van der Waals surface area contributed by atoms with Crippen LogP contribution in [0.2, 0.25) is 5.02 Å². The van der Waals surface area contributed by atoms with Gasteiger partial charge in [-0.25, -0.2) is 9.79 Å². The SMILES string of the molecule is COc1cc(/C=C2\N=C(c3ccc(-c4ccccc4)cc3)OC2=O)cc(Cl)c1OCc1cccc(C)c1. The van der Waals surface area contributed by atoms with Crippen LogP contribution in [0.1, 0.15) is 22.3 Å². The van der Waals surface area contributed by atoms with Crippen molar-refractivity contribution >= 4 is 29.5 Å². The number of aryl methyl sites for hydroxylation is 1. The van der Waals surface area contributed by atoms with Crippen molar-refractivity contribution in [1.82, 2.24) is 0 Å². The van der Waals surface area contributed by atoms with Crippen LogP contribution in [0.15, 0.2) is 102 Å².